The smallest absolute Gasteiger partial charge is 0.133 e. The van der Waals surface area contributed by atoms with Crippen molar-refractivity contribution in [2.24, 2.45) is 0 Å². The maximum absolute atomic E-state index is 5.84. The molecule has 0 amide bonds. The second kappa shape index (κ2) is 4.02. The molecule has 0 aliphatic carbocycles. The van der Waals surface area contributed by atoms with Gasteiger partial charge in [0, 0.05) is 37.9 Å². The van der Waals surface area contributed by atoms with Gasteiger partial charge >= 0.3 is 0 Å². The lowest BCUT2D eigenvalue weighted by Crippen LogP contribution is -2.43. The van der Waals surface area contributed by atoms with Crippen LogP contribution in [0, 0.1) is 0 Å². The van der Waals surface area contributed by atoms with E-state index in [0.29, 0.717) is 10.8 Å². The molecule has 14 heavy (non-hydrogen) atoms. The fourth-order valence-corrected chi connectivity index (χ4v) is 1.77. The Kier molecular flexibility index (Phi) is 2.74. The molecule has 0 atom stereocenters. The topological polar surface area (TPSA) is 54.2 Å². The van der Waals surface area contributed by atoms with E-state index >= 15 is 0 Å². The minimum atomic E-state index is 0.457. The number of anilines is 2. The average Bonchev–Trinajstić information content (AvgIpc) is 2.18. The van der Waals surface area contributed by atoms with E-state index in [-0.39, 0.29) is 0 Å². The zero-order chi connectivity index (χ0) is 9.97. The summed E-state index contributed by atoms with van der Waals surface area (Å²) in [5.74, 6) is 0.872. The largest absolute Gasteiger partial charge is 0.399 e. The standard InChI is InChI=1S/C9H13ClN4/c10-8-5-7(11)6-9(13-8)14-3-1-12-2-4-14/h5-6,12H,1-4H2,(H2,11,13). The summed E-state index contributed by atoms with van der Waals surface area (Å²) in [5, 5.41) is 3.74. The first kappa shape index (κ1) is 9.55. The molecule has 0 aromatic carbocycles. The highest BCUT2D eigenvalue weighted by molar-refractivity contribution is 6.29. The Balaban J connectivity index is 2.21. The SMILES string of the molecule is Nc1cc(Cl)nc(N2CCNCC2)c1. The van der Waals surface area contributed by atoms with Crippen LogP contribution in [0.25, 0.3) is 0 Å². The number of pyridine rings is 1. The summed E-state index contributed by atoms with van der Waals surface area (Å²) in [5.41, 5.74) is 6.36. The molecule has 2 rings (SSSR count). The molecule has 0 radical (unpaired) electrons. The van der Waals surface area contributed by atoms with Crippen LogP contribution in [-0.4, -0.2) is 31.2 Å². The summed E-state index contributed by atoms with van der Waals surface area (Å²) in [7, 11) is 0. The lowest BCUT2D eigenvalue weighted by molar-refractivity contribution is 0.585. The predicted molar refractivity (Wildman–Crippen MR) is 58.7 cm³/mol. The number of nitrogens with zero attached hydrogens (tertiary/aromatic N) is 2. The minimum Gasteiger partial charge on any atom is -0.399 e. The molecule has 4 nitrogen and oxygen atoms in total. The quantitative estimate of drug-likeness (QED) is 0.674. The average molecular weight is 213 g/mol. The van der Waals surface area contributed by atoms with E-state index in [4.69, 9.17) is 17.3 Å². The highest BCUT2D eigenvalue weighted by Crippen LogP contribution is 2.19. The molecule has 2 heterocycles. The molecule has 1 aromatic heterocycles. The van der Waals surface area contributed by atoms with Crippen LogP contribution in [-0.2, 0) is 0 Å². The molecule has 3 N–H and O–H groups in total. The van der Waals surface area contributed by atoms with Crippen LogP contribution in [0.1, 0.15) is 0 Å². The van der Waals surface area contributed by atoms with Gasteiger partial charge in [0.25, 0.3) is 0 Å². The van der Waals surface area contributed by atoms with Gasteiger partial charge in [0.2, 0.25) is 0 Å². The van der Waals surface area contributed by atoms with Crippen LogP contribution in [0.15, 0.2) is 12.1 Å². The van der Waals surface area contributed by atoms with Crippen molar-refractivity contribution in [3.63, 3.8) is 0 Å². The van der Waals surface area contributed by atoms with Crippen molar-refractivity contribution in [2.45, 2.75) is 0 Å². The number of aromatic nitrogens is 1. The summed E-state index contributed by atoms with van der Waals surface area (Å²) in [6, 6.07) is 3.52. The second-order valence-corrected chi connectivity index (χ2v) is 3.71. The van der Waals surface area contributed by atoms with E-state index in [9.17, 15) is 0 Å². The van der Waals surface area contributed by atoms with Gasteiger partial charge in [-0.1, -0.05) is 11.6 Å². The Morgan fingerprint density at radius 2 is 2.07 bits per heavy atom. The molecule has 1 aromatic rings. The molecule has 1 aliphatic heterocycles. The monoisotopic (exact) mass is 212 g/mol. The number of halogens is 1. The maximum atomic E-state index is 5.84. The number of hydrogen-bond donors (Lipinski definition) is 2. The second-order valence-electron chi connectivity index (χ2n) is 3.32. The first-order valence-corrected chi connectivity index (χ1v) is 5.02. The van der Waals surface area contributed by atoms with E-state index in [1.165, 1.54) is 0 Å². The zero-order valence-electron chi connectivity index (χ0n) is 7.83. The third-order valence-electron chi connectivity index (χ3n) is 2.24. The molecule has 1 saturated heterocycles. The Morgan fingerprint density at radius 1 is 1.36 bits per heavy atom. The molecule has 0 unspecified atom stereocenters. The molecule has 1 fully saturated rings. The third-order valence-corrected chi connectivity index (χ3v) is 2.44. The Morgan fingerprint density at radius 3 is 2.71 bits per heavy atom. The lowest BCUT2D eigenvalue weighted by atomic mass is 10.3. The van der Waals surface area contributed by atoms with Crippen molar-refractivity contribution >= 4 is 23.1 Å². The fraction of sp³-hybridized carbons (Fsp3) is 0.444. The molecular formula is C9H13ClN4. The van der Waals surface area contributed by atoms with Crippen molar-refractivity contribution in [1.29, 1.82) is 0 Å². The normalized spacial score (nSPS) is 17.1. The molecule has 0 spiro atoms. The van der Waals surface area contributed by atoms with Crippen molar-refractivity contribution < 1.29 is 0 Å². The number of piperazine rings is 1. The minimum absolute atomic E-state index is 0.457. The molecule has 5 heteroatoms. The van der Waals surface area contributed by atoms with Gasteiger partial charge in [-0.15, -0.1) is 0 Å². The van der Waals surface area contributed by atoms with E-state index in [0.717, 1.165) is 32.0 Å². The lowest BCUT2D eigenvalue weighted by Gasteiger charge is -2.28. The summed E-state index contributed by atoms with van der Waals surface area (Å²) in [4.78, 5) is 6.42. The number of rotatable bonds is 1. The molecule has 76 valence electrons. The summed E-state index contributed by atoms with van der Waals surface area (Å²) in [6.07, 6.45) is 0. The van der Waals surface area contributed by atoms with Crippen molar-refractivity contribution in [3.05, 3.63) is 17.3 Å². The van der Waals surface area contributed by atoms with Crippen LogP contribution >= 0.6 is 11.6 Å². The van der Waals surface area contributed by atoms with Gasteiger partial charge in [-0.05, 0) is 6.07 Å². The summed E-state index contributed by atoms with van der Waals surface area (Å²) >= 11 is 5.84. The molecule has 0 bridgehead atoms. The predicted octanol–water partition coefficient (Wildman–Crippen LogP) is 0.727. The van der Waals surface area contributed by atoms with Crippen molar-refractivity contribution in [1.82, 2.24) is 10.3 Å². The van der Waals surface area contributed by atoms with Crippen LogP contribution in [0.3, 0.4) is 0 Å². The molecular weight excluding hydrogens is 200 g/mol. The van der Waals surface area contributed by atoms with Gasteiger partial charge in [-0.25, -0.2) is 4.98 Å². The number of nitrogens with one attached hydrogen (secondary N) is 1. The Labute approximate surface area is 88.1 Å². The Bertz CT molecular complexity index is 302. The van der Waals surface area contributed by atoms with Gasteiger partial charge in [-0.3, -0.25) is 0 Å². The zero-order valence-corrected chi connectivity index (χ0v) is 8.59. The van der Waals surface area contributed by atoms with E-state index < -0.39 is 0 Å². The van der Waals surface area contributed by atoms with Gasteiger partial charge in [0.15, 0.2) is 0 Å². The maximum Gasteiger partial charge on any atom is 0.133 e. The van der Waals surface area contributed by atoms with Crippen LogP contribution < -0.4 is 16.0 Å². The van der Waals surface area contributed by atoms with Crippen LogP contribution in [0.5, 0.6) is 0 Å². The third kappa shape index (κ3) is 2.08. The van der Waals surface area contributed by atoms with Crippen LogP contribution in [0.2, 0.25) is 5.15 Å². The van der Waals surface area contributed by atoms with Gasteiger partial charge in [0.1, 0.15) is 11.0 Å². The number of nitrogens with two attached hydrogens (primary N) is 1. The Hall–Kier alpha value is -1.00. The summed E-state index contributed by atoms with van der Waals surface area (Å²) < 4.78 is 0. The first-order valence-electron chi connectivity index (χ1n) is 4.64. The van der Waals surface area contributed by atoms with Gasteiger partial charge < -0.3 is 16.0 Å². The number of nitrogen functional groups attached to an aromatic ring is 1. The van der Waals surface area contributed by atoms with Crippen molar-refractivity contribution in [2.75, 3.05) is 36.8 Å². The van der Waals surface area contributed by atoms with E-state index in [2.05, 4.69) is 15.2 Å². The van der Waals surface area contributed by atoms with E-state index in [1.807, 2.05) is 6.07 Å². The van der Waals surface area contributed by atoms with Gasteiger partial charge in [-0.2, -0.15) is 0 Å². The molecule has 1 aliphatic rings. The van der Waals surface area contributed by atoms with E-state index in [1.54, 1.807) is 6.07 Å². The highest BCUT2D eigenvalue weighted by Gasteiger charge is 2.12. The van der Waals surface area contributed by atoms with Crippen molar-refractivity contribution in [3.8, 4) is 0 Å². The van der Waals surface area contributed by atoms with Gasteiger partial charge in [0.05, 0.1) is 0 Å². The molecule has 0 saturated carbocycles. The highest BCUT2D eigenvalue weighted by atomic mass is 35.5. The van der Waals surface area contributed by atoms with Crippen LogP contribution in [0.4, 0.5) is 11.5 Å². The fourth-order valence-electron chi connectivity index (χ4n) is 1.56. The first-order chi connectivity index (χ1) is 6.75. The number of hydrogen-bond acceptors (Lipinski definition) is 4. The summed E-state index contributed by atoms with van der Waals surface area (Å²) in [6.45, 7) is 3.86.